The van der Waals surface area contributed by atoms with Crippen molar-refractivity contribution in [2.24, 2.45) is 11.3 Å². The summed E-state index contributed by atoms with van der Waals surface area (Å²) in [5.74, 6) is 0.433. The fourth-order valence-electron chi connectivity index (χ4n) is 4.48. The van der Waals surface area contributed by atoms with E-state index in [0.29, 0.717) is 12.3 Å². The first kappa shape index (κ1) is 19.7. The largest absolute Gasteiger partial charge is 0.393 e. The Morgan fingerprint density at radius 1 is 1.25 bits per heavy atom. The van der Waals surface area contributed by atoms with E-state index in [0.717, 1.165) is 25.7 Å². The summed E-state index contributed by atoms with van der Waals surface area (Å²) in [6, 6.07) is 0. The van der Waals surface area contributed by atoms with E-state index in [1.165, 1.54) is 19.3 Å². The highest BCUT2D eigenvalue weighted by Gasteiger charge is 2.43. The molecule has 0 aromatic carbocycles. The molecule has 0 aromatic heterocycles. The Kier molecular flexibility index (Phi) is 6.35. The summed E-state index contributed by atoms with van der Waals surface area (Å²) >= 11 is 0. The van der Waals surface area contributed by atoms with Crippen molar-refractivity contribution in [3.05, 3.63) is 0 Å². The van der Waals surface area contributed by atoms with Crippen molar-refractivity contribution in [1.29, 1.82) is 0 Å². The fraction of sp³-hybridized carbons (Fsp3) is 0.950. The molecule has 0 aromatic rings. The SMILES string of the molecule is CC(=O)N[C@]1(C)C[C@@H](C[C@@H](O)C2CCCCC2)O[C@@H](C(C)(C)C)C1. The molecule has 1 saturated carbocycles. The summed E-state index contributed by atoms with van der Waals surface area (Å²) in [5, 5.41) is 13.8. The molecule has 0 radical (unpaired) electrons. The minimum absolute atomic E-state index is 0.0109. The average Bonchev–Trinajstić information content (AvgIpc) is 2.45. The number of rotatable bonds is 4. The van der Waals surface area contributed by atoms with Crippen LogP contribution in [0.1, 0.15) is 86.0 Å². The molecule has 1 aliphatic heterocycles. The molecule has 2 fully saturated rings. The molecule has 0 bridgehead atoms. The number of nitrogens with one attached hydrogen (secondary N) is 1. The number of aliphatic hydroxyl groups is 1. The third kappa shape index (κ3) is 5.45. The molecule has 1 amide bonds. The predicted molar refractivity (Wildman–Crippen MR) is 96.8 cm³/mol. The Balaban J connectivity index is 2.05. The lowest BCUT2D eigenvalue weighted by molar-refractivity contribution is -0.145. The number of aliphatic hydroxyl groups excluding tert-OH is 1. The van der Waals surface area contributed by atoms with Crippen LogP contribution in [0.2, 0.25) is 0 Å². The zero-order valence-corrected chi connectivity index (χ0v) is 16.2. The maximum Gasteiger partial charge on any atom is 0.217 e. The van der Waals surface area contributed by atoms with Gasteiger partial charge in [0, 0.05) is 12.5 Å². The van der Waals surface area contributed by atoms with Gasteiger partial charge in [0.1, 0.15) is 0 Å². The maximum atomic E-state index is 11.6. The summed E-state index contributed by atoms with van der Waals surface area (Å²) in [5.41, 5.74) is -0.229. The number of hydrogen-bond acceptors (Lipinski definition) is 3. The molecular formula is C20H37NO3. The van der Waals surface area contributed by atoms with Crippen molar-refractivity contribution in [3.63, 3.8) is 0 Å². The van der Waals surface area contributed by atoms with Crippen molar-refractivity contribution < 1.29 is 14.6 Å². The van der Waals surface area contributed by atoms with Crippen LogP contribution in [0.15, 0.2) is 0 Å². The van der Waals surface area contributed by atoms with Crippen LogP contribution >= 0.6 is 0 Å². The van der Waals surface area contributed by atoms with Crippen LogP contribution in [0.5, 0.6) is 0 Å². The van der Waals surface area contributed by atoms with Crippen LogP contribution in [0.4, 0.5) is 0 Å². The number of amides is 1. The smallest absolute Gasteiger partial charge is 0.217 e. The van der Waals surface area contributed by atoms with E-state index < -0.39 is 0 Å². The van der Waals surface area contributed by atoms with Gasteiger partial charge in [0.15, 0.2) is 0 Å². The standard InChI is InChI=1S/C20H37NO3/c1-14(22)21-20(5)12-16(24-18(13-20)19(2,3)4)11-17(23)15-9-7-6-8-10-15/h15-18,23H,6-13H2,1-5H3,(H,21,22)/t16-,17-,18-,20-/m1/s1. The highest BCUT2D eigenvalue weighted by molar-refractivity contribution is 5.73. The van der Waals surface area contributed by atoms with Crippen LogP contribution in [0.3, 0.4) is 0 Å². The Hall–Kier alpha value is -0.610. The van der Waals surface area contributed by atoms with Gasteiger partial charge in [-0.05, 0) is 50.4 Å². The molecule has 2 aliphatic rings. The van der Waals surface area contributed by atoms with Crippen molar-refractivity contribution in [1.82, 2.24) is 5.32 Å². The van der Waals surface area contributed by atoms with Gasteiger partial charge in [-0.1, -0.05) is 40.0 Å². The molecule has 1 heterocycles. The molecule has 4 atom stereocenters. The molecule has 140 valence electrons. The summed E-state index contributed by atoms with van der Waals surface area (Å²) in [6.45, 7) is 10.3. The second kappa shape index (κ2) is 7.74. The first-order valence-electron chi connectivity index (χ1n) is 9.71. The Bertz CT molecular complexity index is 425. The summed E-state index contributed by atoms with van der Waals surface area (Å²) < 4.78 is 6.38. The van der Waals surface area contributed by atoms with Crippen molar-refractivity contribution in [2.75, 3.05) is 0 Å². The van der Waals surface area contributed by atoms with Gasteiger partial charge < -0.3 is 15.2 Å². The lowest BCUT2D eigenvalue weighted by atomic mass is 9.74. The van der Waals surface area contributed by atoms with E-state index in [2.05, 4.69) is 33.0 Å². The average molecular weight is 340 g/mol. The van der Waals surface area contributed by atoms with Gasteiger partial charge in [-0.25, -0.2) is 0 Å². The Labute approximate surface area is 147 Å². The van der Waals surface area contributed by atoms with E-state index in [4.69, 9.17) is 4.74 Å². The molecule has 1 saturated heterocycles. The first-order valence-corrected chi connectivity index (χ1v) is 9.71. The third-order valence-corrected chi connectivity index (χ3v) is 5.81. The number of ether oxygens (including phenoxy) is 1. The molecule has 1 aliphatic carbocycles. The van der Waals surface area contributed by atoms with Crippen molar-refractivity contribution in [2.45, 2.75) is 110 Å². The molecular weight excluding hydrogens is 302 g/mol. The highest BCUT2D eigenvalue weighted by atomic mass is 16.5. The molecule has 2 N–H and O–H groups in total. The lowest BCUT2D eigenvalue weighted by Gasteiger charge is -2.47. The van der Waals surface area contributed by atoms with Gasteiger partial charge in [0.2, 0.25) is 5.91 Å². The lowest BCUT2D eigenvalue weighted by Crippen LogP contribution is -2.56. The Morgan fingerprint density at radius 3 is 2.42 bits per heavy atom. The topological polar surface area (TPSA) is 58.6 Å². The van der Waals surface area contributed by atoms with Crippen LogP contribution in [-0.2, 0) is 9.53 Å². The van der Waals surface area contributed by atoms with Crippen LogP contribution in [0.25, 0.3) is 0 Å². The van der Waals surface area contributed by atoms with E-state index in [1.807, 2.05) is 0 Å². The van der Waals surface area contributed by atoms with Gasteiger partial charge in [0.05, 0.1) is 18.3 Å². The van der Waals surface area contributed by atoms with E-state index in [-0.39, 0.29) is 35.2 Å². The summed E-state index contributed by atoms with van der Waals surface area (Å²) in [6.07, 6.45) is 8.17. The summed E-state index contributed by atoms with van der Waals surface area (Å²) in [7, 11) is 0. The van der Waals surface area contributed by atoms with Crippen LogP contribution in [-0.4, -0.2) is 34.9 Å². The van der Waals surface area contributed by atoms with Gasteiger partial charge >= 0.3 is 0 Å². The van der Waals surface area contributed by atoms with Gasteiger partial charge in [0.25, 0.3) is 0 Å². The third-order valence-electron chi connectivity index (χ3n) is 5.81. The molecule has 4 nitrogen and oxygen atoms in total. The number of hydrogen-bond donors (Lipinski definition) is 2. The summed E-state index contributed by atoms with van der Waals surface area (Å²) in [4.78, 5) is 11.6. The second-order valence-corrected chi connectivity index (χ2v) is 9.46. The monoisotopic (exact) mass is 339 g/mol. The minimum atomic E-state index is -0.282. The first-order chi connectivity index (χ1) is 11.1. The maximum absolute atomic E-state index is 11.6. The number of carbonyl (C=O) groups excluding carboxylic acids is 1. The van der Waals surface area contributed by atoms with Crippen LogP contribution in [0, 0.1) is 11.3 Å². The van der Waals surface area contributed by atoms with Gasteiger partial charge in [-0.3, -0.25) is 4.79 Å². The van der Waals surface area contributed by atoms with E-state index in [1.54, 1.807) is 6.92 Å². The molecule has 4 heteroatoms. The van der Waals surface area contributed by atoms with Gasteiger partial charge in [-0.15, -0.1) is 0 Å². The normalized spacial score (nSPS) is 33.9. The number of carbonyl (C=O) groups is 1. The second-order valence-electron chi connectivity index (χ2n) is 9.46. The zero-order valence-electron chi connectivity index (χ0n) is 16.2. The van der Waals surface area contributed by atoms with E-state index >= 15 is 0 Å². The molecule has 0 spiro atoms. The molecule has 0 unspecified atom stereocenters. The minimum Gasteiger partial charge on any atom is -0.393 e. The zero-order chi connectivity index (χ0) is 18.0. The molecule has 24 heavy (non-hydrogen) atoms. The van der Waals surface area contributed by atoms with Crippen molar-refractivity contribution >= 4 is 5.91 Å². The van der Waals surface area contributed by atoms with Gasteiger partial charge in [-0.2, -0.15) is 0 Å². The fourth-order valence-corrected chi connectivity index (χ4v) is 4.48. The van der Waals surface area contributed by atoms with Crippen LogP contribution < -0.4 is 5.32 Å². The van der Waals surface area contributed by atoms with Crippen molar-refractivity contribution in [3.8, 4) is 0 Å². The Morgan fingerprint density at radius 2 is 1.88 bits per heavy atom. The molecule has 2 rings (SSSR count). The quantitative estimate of drug-likeness (QED) is 0.819. The van der Waals surface area contributed by atoms with E-state index in [9.17, 15) is 9.90 Å². The predicted octanol–water partition coefficient (Wildman–Crippen LogP) is 3.81. The highest BCUT2D eigenvalue weighted by Crippen LogP contribution is 2.39.